The fraction of sp³-hybridized carbons (Fsp3) is 0.364. The third-order valence-corrected chi connectivity index (χ3v) is 5.33. The zero-order valence-corrected chi connectivity index (χ0v) is 19.6. The van der Waals surface area contributed by atoms with Crippen LogP contribution in [0.5, 0.6) is 11.5 Å². The van der Waals surface area contributed by atoms with Crippen LogP contribution in [0.1, 0.15) is 31.2 Å². The number of rotatable bonds is 9. The largest absolute Gasteiger partial charge is 0.493 e. The summed E-state index contributed by atoms with van der Waals surface area (Å²) in [6.07, 6.45) is 4.40. The van der Waals surface area contributed by atoms with Gasteiger partial charge >= 0.3 is 11.7 Å². The predicted octanol–water partition coefficient (Wildman–Crippen LogP) is 2.65. The highest BCUT2D eigenvalue weighted by Gasteiger charge is 2.17. The van der Waals surface area contributed by atoms with Crippen LogP contribution in [0.3, 0.4) is 0 Å². The second-order valence-corrected chi connectivity index (χ2v) is 7.61. The zero-order valence-electron chi connectivity index (χ0n) is 18.8. The van der Waals surface area contributed by atoms with Crippen molar-refractivity contribution in [2.75, 3.05) is 14.2 Å². The van der Waals surface area contributed by atoms with E-state index in [1.807, 2.05) is 6.92 Å². The summed E-state index contributed by atoms with van der Waals surface area (Å²) in [5.41, 5.74) is 0.0667. The maximum atomic E-state index is 12.3. The number of hydrogen-bond acceptors (Lipinski definition) is 7. The molecule has 1 aromatic carbocycles. The van der Waals surface area contributed by atoms with Crippen LogP contribution in [-0.4, -0.2) is 39.3 Å². The SMILES string of the molecule is CCCCn1c(=O)[nH]c(=O)c2c1nc(COC(=O)C=Cc1cc(Cl)c(OC)c(OC)c1)n2C. The Labute approximate surface area is 194 Å². The number of halogens is 1. The number of methoxy groups -OCH3 is 2. The predicted molar refractivity (Wildman–Crippen MR) is 124 cm³/mol. The van der Waals surface area contributed by atoms with Crippen LogP contribution in [0.2, 0.25) is 5.02 Å². The number of hydrogen-bond donors (Lipinski definition) is 1. The first-order valence-corrected chi connectivity index (χ1v) is 10.6. The number of H-pyrrole nitrogens is 1. The monoisotopic (exact) mass is 476 g/mol. The van der Waals surface area contributed by atoms with E-state index in [1.165, 1.54) is 35.5 Å². The van der Waals surface area contributed by atoms with E-state index in [-0.39, 0.29) is 17.8 Å². The highest BCUT2D eigenvalue weighted by molar-refractivity contribution is 6.32. The number of benzene rings is 1. The lowest BCUT2D eigenvalue weighted by Crippen LogP contribution is -2.31. The normalized spacial score (nSPS) is 11.3. The van der Waals surface area contributed by atoms with Crippen molar-refractivity contribution in [3.05, 3.63) is 55.5 Å². The summed E-state index contributed by atoms with van der Waals surface area (Å²) < 4.78 is 18.7. The first-order chi connectivity index (χ1) is 15.8. The van der Waals surface area contributed by atoms with Crippen molar-refractivity contribution in [2.24, 2.45) is 7.05 Å². The average molecular weight is 477 g/mol. The van der Waals surface area contributed by atoms with Gasteiger partial charge in [0.25, 0.3) is 5.56 Å². The van der Waals surface area contributed by atoms with E-state index in [9.17, 15) is 14.4 Å². The molecule has 0 spiro atoms. The number of aryl methyl sites for hydroxylation is 2. The fourth-order valence-electron chi connectivity index (χ4n) is 3.33. The minimum absolute atomic E-state index is 0.178. The summed E-state index contributed by atoms with van der Waals surface area (Å²) in [7, 11) is 4.60. The third kappa shape index (κ3) is 5.11. The molecular weight excluding hydrogens is 452 g/mol. The van der Waals surface area contributed by atoms with Crippen LogP contribution >= 0.6 is 11.6 Å². The average Bonchev–Trinajstić information content (AvgIpc) is 3.12. The van der Waals surface area contributed by atoms with Crippen molar-refractivity contribution >= 4 is 34.8 Å². The number of nitrogens with one attached hydrogen (secondary N) is 1. The number of carbonyl (C=O) groups is 1. The number of imidazole rings is 1. The highest BCUT2D eigenvalue weighted by Crippen LogP contribution is 2.36. The van der Waals surface area contributed by atoms with Gasteiger partial charge in [0.1, 0.15) is 12.4 Å². The van der Waals surface area contributed by atoms with Gasteiger partial charge < -0.3 is 18.8 Å². The molecule has 0 fully saturated rings. The Balaban J connectivity index is 1.79. The third-order valence-electron chi connectivity index (χ3n) is 5.05. The molecule has 3 rings (SSSR count). The van der Waals surface area contributed by atoms with Gasteiger partial charge in [0.2, 0.25) is 0 Å². The lowest BCUT2D eigenvalue weighted by molar-refractivity contribution is -0.139. The van der Waals surface area contributed by atoms with Gasteiger partial charge in [0.05, 0.1) is 19.2 Å². The Hall–Kier alpha value is -3.53. The summed E-state index contributed by atoms with van der Waals surface area (Å²) in [5, 5.41) is 0.337. The standard InChI is InChI=1S/C22H25ClN4O6/c1-5-6-9-27-20-18(21(29)25-22(27)30)26(2)16(24-20)12-33-17(28)8-7-13-10-14(23)19(32-4)15(11-13)31-3/h7-8,10-11H,5-6,9,12H2,1-4H3,(H,25,29,30). The van der Waals surface area contributed by atoms with E-state index in [0.717, 1.165) is 12.8 Å². The van der Waals surface area contributed by atoms with E-state index in [4.69, 9.17) is 25.8 Å². The smallest absolute Gasteiger partial charge is 0.331 e. The van der Waals surface area contributed by atoms with Crippen molar-refractivity contribution in [1.82, 2.24) is 19.1 Å². The zero-order chi connectivity index (χ0) is 24.1. The Morgan fingerprint density at radius 3 is 2.67 bits per heavy atom. The molecule has 0 atom stereocenters. The van der Waals surface area contributed by atoms with Crippen LogP contribution < -0.4 is 20.7 Å². The number of esters is 1. The summed E-state index contributed by atoms with van der Waals surface area (Å²) in [5.74, 6) is 0.540. The van der Waals surface area contributed by atoms with E-state index in [2.05, 4.69) is 9.97 Å². The van der Waals surface area contributed by atoms with E-state index in [0.29, 0.717) is 34.5 Å². The number of aromatic nitrogens is 4. The van der Waals surface area contributed by atoms with Crippen LogP contribution in [-0.2, 0) is 29.7 Å². The van der Waals surface area contributed by atoms with Gasteiger partial charge in [-0.1, -0.05) is 24.9 Å². The second kappa shape index (κ2) is 10.4. The summed E-state index contributed by atoms with van der Waals surface area (Å²) in [6.45, 7) is 2.25. The molecule has 0 aliphatic carbocycles. The Morgan fingerprint density at radius 2 is 2.00 bits per heavy atom. The van der Waals surface area contributed by atoms with Gasteiger partial charge in [-0.05, 0) is 30.2 Å². The fourth-order valence-corrected chi connectivity index (χ4v) is 3.62. The van der Waals surface area contributed by atoms with E-state index in [1.54, 1.807) is 19.2 Å². The molecule has 0 saturated carbocycles. The minimum Gasteiger partial charge on any atom is -0.493 e. The number of nitrogens with zero attached hydrogens (tertiary/aromatic N) is 3. The molecule has 0 bridgehead atoms. The molecule has 0 unspecified atom stereocenters. The summed E-state index contributed by atoms with van der Waals surface area (Å²) in [4.78, 5) is 43.5. The molecule has 176 valence electrons. The molecule has 0 amide bonds. The summed E-state index contributed by atoms with van der Waals surface area (Å²) >= 11 is 6.18. The molecule has 0 aliphatic heterocycles. The van der Waals surface area contributed by atoms with Crippen molar-refractivity contribution in [3.8, 4) is 11.5 Å². The van der Waals surface area contributed by atoms with Crippen molar-refractivity contribution in [3.63, 3.8) is 0 Å². The van der Waals surface area contributed by atoms with Gasteiger partial charge in [-0.15, -0.1) is 0 Å². The first kappa shape index (κ1) is 24.1. The molecule has 2 aromatic heterocycles. The van der Waals surface area contributed by atoms with Gasteiger partial charge in [-0.25, -0.2) is 14.6 Å². The van der Waals surface area contributed by atoms with Crippen molar-refractivity contribution in [2.45, 2.75) is 32.9 Å². The van der Waals surface area contributed by atoms with Crippen molar-refractivity contribution < 1.29 is 19.0 Å². The molecule has 33 heavy (non-hydrogen) atoms. The van der Waals surface area contributed by atoms with Crippen LogP contribution in [0.15, 0.2) is 27.8 Å². The molecule has 0 aliphatic rings. The maximum Gasteiger partial charge on any atom is 0.331 e. The quantitative estimate of drug-likeness (QED) is 0.372. The highest BCUT2D eigenvalue weighted by atomic mass is 35.5. The van der Waals surface area contributed by atoms with Gasteiger partial charge in [-0.2, -0.15) is 0 Å². The number of ether oxygens (including phenoxy) is 3. The molecule has 0 saturated heterocycles. The molecule has 2 heterocycles. The summed E-state index contributed by atoms with van der Waals surface area (Å²) in [6, 6.07) is 3.29. The van der Waals surface area contributed by atoms with Gasteiger partial charge in [0, 0.05) is 19.7 Å². The number of fused-ring (bicyclic) bond motifs is 1. The van der Waals surface area contributed by atoms with Gasteiger partial charge in [0.15, 0.2) is 22.7 Å². The lowest BCUT2D eigenvalue weighted by Gasteiger charge is -2.10. The van der Waals surface area contributed by atoms with Crippen LogP contribution in [0, 0.1) is 0 Å². The van der Waals surface area contributed by atoms with Crippen LogP contribution in [0.25, 0.3) is 17.2 Å². The number of aromatic amines is 1. The number of carbonyl (C=O) groups excluding carboxylic acids is 1. The number of unbranched alkanes of at least 4 members (excludes halogenated alkanes) is 1. The Morgan fingerprint density at radius 1 is 1.24 bits per heavy atom. The Bertz CT molecular complexity index is 1320. The molecule has 0 radical (unpaired) electrons. The first-order valence-electron chi connectivity index (χ1n) is 10.3. The topological polar surface area (TPSA) is 117 Å². The van der Waals surface area contributed by atoms with Gasteiger partial charge in [-0.3, -0.25) is 14.3 Å². The molecule has 11 heteroatoms. The lowest BCUT2D eigenvalue weighted by atomic mass is 10.2. The maximum absolute atomic E-state index is 12.3. The molecule has 1 N–H and O–H groups in total. The molecular formula is C22H25ClN4O6. The molecule has 10 nitrogen and oxygen atoms in total. The van der Waals surface area contributed by atoms with E-state index < -0.39 is 17.2 Å². The minimum atomic E-state index is -0.620. The second-order valence-electron chi connectivity index (χ2n) is 7.20. The Kier molecular flexibility index (Phi) is 7.59. The molecule has 3 aromatic rings. The van der Waals surface area contributed by atoms with Crippen molar-refractivity contribution in [1.29, 1.82) is 0 Å². The van der Waals surface area contributed by atoms with Crippen LogP contribution in [0.4, 0.5) is 0 Å². The van der Waals surface area contributed by atoms with E-state index >= 15 is 0 Å².